The molecule has 0 aromatic rings. The second-order valence-corrected chi connectivity index (χ2v) is 7.53. The van der Waals surface area contributed by atoms with E-state index in [-0.39, 0.29) is 5.92 Å². The fraction of sp³-hybridized carbons (Fsp3) is 1.00. The molecule has 0 spiro atoms. The van der Waals surface area contributed by atoms with Gasteiger partial charge in [-0.1, -0.05) is 12.8 Å². The average molecular weight is 305 g/mol. The number of nitrogens with two attached hydrogens (primary N) is 1. The molecule has 2 rings (SSSR count). The molecule has 3 N–H and O–H groups in total. The van der Waals surface area contributed by atoms with Gasteiger partial charge < -0.3 is 10.5 Å². The number of hydrogen-bond acceptors (Lipinski definition) is 4. The van der Waals surface area contributed by atoms with Crippen molar-refractivity contribution in [3.8, 4) is 0 Å². The van der Waals surface area contributed by atoms with Crippen LogP contribution in [0.3, 0.4) is 0 Å². The lowest BCUT2D eigenvalue weighted by Gasteiger charge is -2.31. The van der Waals surface area contributed by atoms with Gasteiger partial charge in [0.2, 0.25) is 0 Å². The second kappa shape index (κ2) is 7.70. The highest BCUT2D eigenvalue weighted by atomic mass is 32.2. The summed E-state index contributed by atoms with van der Waals surface area (Å²) in [6.07, 6.45) is 6.91. The summed E-state index contributed by atoms with van der Waals surface area (Å²) in [4.78, 5) is 0. The molecule has 0 radical (unpaired) electrons. The molecule has 0 aromatic heterocycles. The molecule has 2 fully saturated rings. The average Bonchev–Trinajstić information content (AvgIpc) is 2.97. The van der Waals surface area contributed by atoms with Crippen LogP contribution in [0.4, 0.5) is 0 Å². The molecular weight excluding hydrogens is 278 g/mol. The van der Waals surface area contributed by atoms with E-state index in [1.165, 1.54) is 17.1 Å². The van der Waals surface area contributed by atoms with Crippen molar-refractivity contribution in [2.75, 3.05) is 32.8 Å². The molecule has 0 amide bonds. The standard InChI is InChI=1S/C13H27N3O3S/c14-10-12-4-3-8-16(11-12)20(17,18)15-7-9-19-13-5-1-2-6-13/h12-13,15H,1-11,14H2. The number of hydrogen-bond donors (Lipinski definition) is 2. The van der Waals surface area contributed by atoms with Crippen LogP contribution in [0.5, 0.6) is 0 Å². The normalized spacial score (nSPS) is 26.1. The van der Waals surface area contributed by atoms with Crippen molar-refractivity contribution in [3.63, 3.8) is 0 Å². The Hall–Kier alpha value is -0.210. The molecule has 7 heteroatoms. The number of nitrogens with zero attached hydrogens (tertiary/aromatic N) is 1. The summed E-state index contributed by atoms with van der Waals surface area (Å²) in [6.45, 7) is 2.49. The van der Waals surface area contributed by atoms with E-state index >= 15 is 0 Å². The molecule has 20 heavy (non-hydrogen) atoms. The van der Waals surface area contributed by atoms with Gasteiger partial charge in [0.05, 0.1) is 12.7 Å². The maximum absolute atomic E-state index is 12.2. The number of rotatable bonds is 7. The van der Waals surface area contributed by atoms with Crippen LogP contribution in [0.15, 0.2) is 0 Å². The quantitative estimate of drug-likeness (QED) is 0.669. The Morgan fingerprint density at radius 1 is 1.20 bits per heavy atom. The fourth-order valence-electron chi connectivity index (χ4n) is 2.98. The Bertz CT molecular complexity index is 382. The Balaban J connectivity index is 1.69. The van der Waals surface area contributed by atoms with Crippen LogP contribution in [-0.2, 0) is 14.9 Å². The summed E-state index contributed by atoms with van der Waals surface area (Å²) in [5, 5.41) is 0. The van der Waals surface area contributed by atoms with Crippen molar-refractivity contribution >= 4 is 10.2 Å². The van der Waals surface area contributed by atoms with Gasteiger partial charge in [0.25, 0.3) is 10.2 Å². The lowest BCUT2D eigenvalue weighted by molar-refractivity contribution is 0.0624. The molecule has 0 aromatic carbocycles. The van der Waals surface area contributed by atoms with E-state index in [9.17, 15) is 8.42 Å². The van der Waals surface area contributed by atoms with Crippen LogP contribution in [0.25, 0.3) is 0 Å². The Morgan fingerprint density at radius 2 is 1.95 bits per heavy atom. The summed E-state index contributed by atoms with van der Waals surface area (Å²) in [5.41, 5.74) is 5.64. The Morgan fingerprint density at radius 3 is 2.65 bits per heavy atom. The molecule has 6 nitrogen and oxygen atoms in total. The lowest BCUT2D eigenvalue weighted by atomic mass is 10.0. The number of piperidine rings is 1. The van der Waals surface area contributed by atoms with Crippen LogP contribution in [0.1, 0.15) is 38.5 Å². The molecule has 1 saturated heterocycles. The third-order valence-corrected chi connectivity index (χ3v) is 5.78. The fourth-order valence-corrected chi connectivity index (χ4v) is 4.28. The molecule has 1 aliphatic heterocycles. The molecule has 1 unspecified atom stereocenters. The van der Waals surface area contributed by atoms with Crippen LogP contribution < -0.4 is 10.5 Å². The van der Waals surface area contributed by atoms with Crippen LogP contribution >= 0.6 is 0 Å². The third kappa shape index (κ3) is 4.66. The maximum atomic E-state index is 12.2. The largest absolute Gasteiger partial charge is 0.377 e. The third-order valence-electron chi connectivity index (χ3n) is 4.20. The van der Waals surface area contributed by atoms with E-state index in [0.717, 1.165) is 25.7 Å². The molecule has 1 aliphatic carbocycles. The van der Waals surface area contributed by atoms with Crippen LogP contribution in [-0.4, -0.2) is 51.6 Å². The SMILES string of the molecule is NCC1CCCN(S(=O)(=O)NCCOC2CCCC2)C1. The van der Waals surface area contributed by atoms with E-state index in [4.69, 9.17) is 10.5 Å². The molecular formula is C13H27N3O3S. The highest BCUT2D eigenvalue weighted by Gasteiger charge is 2.27. The van der Waals surface area contributed by atoms with E-state index < -0.39 is 10.2 Å². The van der Waals surface area contributed by atoms with Gasteiger partial charge >= 0.3 is 0 Å². The van der Waals surface area contributed by atoms with Gasteiger partial charge in [0, 0.05) is 19.6 Å². The van der Waals surface area contributed by atoms with Gasteiger partial charge in [-0.3, -0.25) is 0 Å². The summed E-state index contributed by atoms with van der Waals surface area (Å²) in [6, 6.07) is 0. The van der Waals surface area contributed by atoms with Crippen molar-refractivity contribution in [1.82, 2.24) is 9.03 Å². The van der Waals surface area contributed by atoms with E-state index in [0.29, 0.717) is 38.9 Å². The van der Waals surface area contributed by atoms with Crippen LogP contribution in [0.2, 0.25) is 0 Å². The lowest BCUT2D eigenvalue weighted by Crippen LogP contribution is -2.47. The smallest absolute Gasteiger partial charge is 0.279 e. The van der Waals surface area contributed by atoms with Crippen molar-refractivity contribution in [1.29, 1.82) is 0 Å². The first kappa shape index (κ1) is 16.2. The van der Waals surface area contributed by atoms with E-state index in [2.05, 4.69) is 4.72 Å². The highest BCUT2D eigenvalue weighted by molar-refractivity contribution is 7.87. The predicted molar refractivity (Wildman–Crippen MR) is 78.5 cm³/mol. The predicted octanol–water partition coefficient (Wildman–Crippen LogP) is 0.451. The van der Waals surface area contributed by atoms with Crippen molar-refractivity contribution in [2.45, 2.75) is 44.6 Å². The summed E-state index contributed by atoms with van der Waals surface area (Å²) < 4.78 is 34.1. The van der Waals surface area contributed by atoms with Crippen LogP contribution in [0, 0.1) is 5.92 Å². The van der Waals surface area contributed by atoms with E-state index in [1.807, 2.05) is 0 Å². The summed E-state index contributed by atoms with van der Waals surface area (Å²) in [7, 11) is -3.37. The molecule has 2 aliphatic rings. The monoisotopic (exact) mass is 305 g/mol. The van der Waals surface area contributed by atoms with E-state index in [1.54, 1.807) is 0 Å². The molecule has 1 heterocycles. The molecule has 118 valence electrons. The van der Waals surface area contributed by atoms with Crippen molar-refractivity contribution < 1.29 is 13.2 Å². The maximum Gasteiger partial charge on any atom is 0.279 e. The first-order chi connectivity index (χ1) is 9.62. The van der Waals surface area contributed by atoms with Gasteiger partial charge in [-0.2, -0.15) is 17.4 Å². The molecule has 0 bridgehead atoms. The summed E-state index contributed by atoms with van der Waals surface area (Å²) in [5.74, 6) is 0.287. The van der Waals surface area contributed by atoms with Gasteiger partial charge in [-0.05, 0) is 38.1 Å². The first-order valence-corrected chi connectivity index (χ1v) is 9.12. The van der Waals surface area contributed by atoms with Crippen molar-refractivity contribution in [2.24, 2.45) is 11.7 Å². The van der Waals surface area contributed by atoms with Crippen molar-refractivity contribution in [3.05, 3.63) is 0 Å². The zero-order valence-electron chi connectivity index (χ0n) is 12.1. The van der Waals surface area contributed by atoms with Gasteiger partial charge in [-0.15, -0.1) is 0 Å². The van der Waals surface area contributed by atoms with Gasteiger partial charge in [0.1, 0.15) is 0 Å². The Kier molecular flexibility index (Phi) is 6.22. The second-order valence-electron chi connectivity index (χ2n) is 5.78. The topological polar surface area (TPSA) is 84.7 Å². The highest BCUT2D eigenvalue weighted by Crippen LogP contribution is 2.20. The minimum absolute atomic E-state index is 0.287. The number of nitrogens with one attached hydrogen (secondary N) is 1. The first-order valence-electron chi connectivity index (χ1n) is 7.68. The molecule has 1 saturated carbocycles. The van der Waals surface area contributed by atoms with Gasteiger partial charge in [-0.25, -0.2) is 0 Å². The zero-order chi connectivity index (χ0) is 14.4. The Labute approximate surface area is 122 Å². The molecule has 1 atom stereocenters. The minimum atomic E-state index is -3.37. The summed E-state index contributed by atoms with van der Waals surface area (Å²) >= 11 is 0. The van der Waals surface area contributed by atoms with Gasteiger partial charge in [0.15, 0.2) is 0 Å². The number of ether oxygens (including phenoxy) is 1. The zero-order valence-corrected chi connectivity index (χ0v) is 12.9. The minimum Gasteiger partial charge on any atom is -0.377 e.